The van der Waals surface area contributed by atoms with E-state index in [9.17, 15) is 8.42 Å². The van der Waals surface area contributed by atoms with Crippen molar-refractivity contribution < 1.29 is 8.42 Å². The Hall–Kier alpha value is 0.0900. The average Bonchev–Trinajstić information content (AvgIpc) is 1.92. The summed E-state index contributed by atoms with van der Waals surface area (Å²) < 4.78 is 23.1. The highest BCUT2D eigenvalue weighted by atomic mass is 79.9. The summed E-state index contributed by atoms with van der Waals surface area (Å²) in [6, 6.07) is 4.49. The van der Waals surface area contributed by atoms with E-state index in [1.54, 1.807) is 6.07 Å². The number of nitrogens with two attached hydrogens (primary N) is 1. The molecule has 12 heavy (non-hydrogen) atoms. The minimum absolute atomic E-state index is 0.0950. The molecule has 0 saturated carbocycles. The number of primary sulfonamides is 1. The molecular formula is C6H5Br2NO2S. The van der Waals surface area contributed by atoms with E-state index in [1.165, 1.54) is 12.1 Å². The van der Waals surface area contributed by atoms with Gasteiger partial charge in [0.2, 0.25) is 10.0 Å². The lowest BCUT2D eigenvalue weighted by Crippen LogP contribution is -2.11. The molecule has 1 aromatic carbocycles. The van der Waals surface area contributed by atoms with Crippen LogP contribution in [-0.4, -0.2) is 8.42 Å². The normalized spacial score (nSPS) is 11.6. The van der Waals surface area contributed by atoms with Gasteiger partial charge in [-0.3, -0.25) is 0 Å². The Morgan fingerprint density at radius 2 is 1.75 bits per heavy atom. The minimum atomic E-state index is -3.59. The Morgan fingerprint density at radius 3 is 2.17 bits per heavy atom. The summed E-state index contributed by atoms with van der Waals surface area (Å²) >= 11 is 6.39. The molecule has 0 bridgehead atoms. The van der Waals surface area contributed by atoms with Crippen molar-refractivity contribution in [2.45, 2.75) is 4.90 Å². The van der Waals surface area contributed by atoms with Gasteiger partial charge in [0.15, 0.2) is 0 Å². The van der Waals surface area contributed by atoms with E-state index in [2.05, 4.69) is 31.9 Å². The first-order valence-corrected chi connectivity index (χ1v) is 6.02. The van der Waals surface area contributed by atoms with Gasteiger partial charge in [-0.25, -0.2) is 13.6 Å². The van der Waals surface area contributed by atoms with Crippen LogP contribution < -0.4 is 5.14 Å². The summed E-state index contributed by atoms with van der Waals surface area (Å²) in [6.45, 7) is 0. The topological polar surface area (TPSA) is 60.2 Å². The van der Waals surface area contributed by atoms with Crippen molar-refractivity contribution in [1.29, 1.82) is 0 Å². The van der Waals surface area contributed by atoms with Gasteiger partial charge in [0.05, 0.1) is 4.90 Å². The highest BCUT2D eigenvalue weighted by Crippen LogP contribution is 2.24. The van der Waals surface area contributed by atoms with Gasteiger partial charge in [-0.1, -0.05) is 0 Å². The van der Waals surface area contributed by atoms with Crippen LogP contribution in [0.5, 0.6) is 0 Å². The maximum Gasteiger partial charge on any atom is 0.238 e. The zero-order chi connectivity index (χ0) is 9.35. The van der Waals surface area contributed by atoms with Crippen molar-refractivity contribution in [3.05, 3.63) is 27.1 Å². The zero-order valence-electron chi connectivity index (χ0n) is 5.79. The molecule has 3 nitrogen and oxygen atoms in total. The Bertz CT molecular complexity index is 402. The van der Waals surface area contributed by atoms with Crippen molar-refractivity contribution in [3.8, 4) is 0 Å². The van der Waals surface area contributed by atoms with Crippen molar-refractivity contribution >= 4 is 41.9 Å². The second kappa shape index (κ2) is 3.45. The van der Waals surface area contributed by atoms with Gasteiger partial charge in [0.25, 0.3) is 0 Å². The van der Waals surface area contributed by atoms with Crippen LogP contribution in [0.15, 0.2) is 32.0 Å². The largest absolute Gasteiger partial charge is 0.238 e. The highest BCUT2D eigenvalue weighted by molar-refractivity contribution is 9.13. The van der Waals surface area contributed by atoms with E-state index in [0.29, 0.717) is 4.47 Å². The molecule has 6 heteroatoms. The van der Waals surface area contributed by atoms with Crippen LogP contribution in [0, 0.1) is 0 Å². The number of benzene rings is 1. The van der Waals surface area contributed by atoms with E-state index in [0.717, 1.165) is 4.47 Å². The van der Waals surface area contributed by atoms with Gasteiger partial charge in [0, 0.05) is 8.95 Å². The third kappa shape index (κ3) is 2.29. The van der Waals surface area contributed by atoms with Gasteiger partial charge < -0.3 is 0 Å². The van der Waals surface area contributed by atoms with E-state index >= 15 is 0 Å². The first-order valence-electron chi connectivity index (χ1n) is 2.89. The predicted octanol–water partition coefficient (Wildman–Crippen LogP) is 1.86. The smallest absolute Gasteiger partial charge is 0.225 e. The fourth-order valence-corrected chi connectivity index (χ4v) is 1.97. The van der Waals surface area contributed by atoms with Gasteiger partial charge >= 0.3 is 0 Å². The molecule has 66 valence electrons. The third-order valence-electron chi connectivity index (χ3n) is 1.22. The molecule has 1 rings (SSSR count). The monoisotopic (exact) mass is 313 g/mol. The molecule has 0 aliphatic heterocycles. The fourth-order valence-electron chi connectivity index (χ4n) is 0.654. The Morgan fingerprint density at radius 1 is 1.17 bits per heavy atom. The molecule has 0 atom stereocenters. The van der Waals surface area contributed by atoms with Crippen molar-refractivity contribution in [2.24, 2.45) is 5.14 Å². The summed E-state index contributed by atoms with van der Waals surface area (Å²) in [5.74, 6) is 0. The highest BCUT2D eigenvalue weighted by Gasteiger charge is 2.08. The number of halogens is 2. The zero-order valence-corrected chi connectivity index (χ0v) is 9.78. The number of sulfonamides is 1. The van der Waals surface area contributed by atoms with Crippen molar-refractivity contribution in [2.75, 3.05) is 0 Å². The average molecular weight is 315 g/mol. The summed E-state index contributed by atoms with van der Waals surface area (Å²) in [6.07, 6.45) is 0. The quantitative estimate of drug-likeness (QED) is 0.860. The van der Waals surface area contributed by atoms with Crippen LogP contribution in [0.4, 0.5) is 0 Å². The lowest BCUT2D eigenvalue weighted by molar-refractivity contribution is 0.597. The van der Waals surface area contributed by atoms with Gasteiger partial charge in [-0.05, 0) is 50.1 Å². The third-order valence-corrected chi connectivity index (χ3v) is 4.01. The van der Waals surface area contributed by atoms with Crippen LogP contribution >= 0.6 is 31.9 Å². The first-order chi connectivity index (χ1) is 5.41. The lowest BCUT2D eigenvalue weighted by Gasteiger charge is -1.99. The van der Waals surface area contributed by atoms with Crippen LogP contribution in [-0.2, 0) is 10.0 Å². The Labute approximate surface area is 87.3 Å². The molecule has 0 saturated heterocycles. The summed E-state index contributed by atoms with van der Waals surface area (Å²) in [4.78, 5) is 0.0950. The van der Waals surface area contributed by atoms with Crippen LogP contribution in [0.1, 0.15) is 0 Å². The second-order valence-corrected chi connectivity index (χ2v) is 5.39. The maximum absolute atomic E-state index is 10.8. The number of rotatable bonds is 1. The maximum atomic E-state index is 10.8. The van der Waals surface area contributed by atoms with E-state index in [1.807, 2.05) is 0 Å². The van der Waals surface area contributed by atoms with Crippen LogP contribution in [0.25, 0.3) is 0 Å². The van der Waals surface area contributed by atoms with Crippen molar-refractivity contribution in [3.63, 3.8) is 0 Å². The molecule has 0 fully saturated rings. The minimum Gasteiger partial charge on any atom is -0.225 e. The van der Waals surface area contributed by atoms with Crippen LogP contribution in [0.2, 0.25) is 0 Å². The molecular weight excluding hydrogens is 310 g/mol. The number of hydrogen-bond acceptors (Lipinski definition) is 2. The summed E-state index contributed by atoms with van der Waals surface area (Å²) in [5.41, 5.74) is 0. The van der Waals surface area contributed by atoms with E-state index in [-0.39, 0.29) is 4.90 Å². The molecule has 0 aliphatic rings. The molecule has 0 aliphatic carbocycles. The molecule has 0 unspecified atom stereocenters. The van der Waals surface area contributed by atoms with Gasteiger partial charge in [-0.2, -0.15) is 0 Å². The molecule has 2 N–H and O–H groups in total. The summed E-state index contributed by atoms with van der Waals surface area (Å²) in [7, 11) is -3.59. The Kier molecular flexibility index (Phi) is 2.92. The fraction of sp³-hybridized carbons (Fsp3) is 0. The molecule has 0 spiro atoms. The molecule has 1 aromatic rings. The SMILES string of the molecule is NS(=O)(=O)c1ccc(Br)c(Br)c1. The standard InChI is InChI=1S/C6H5Br2NO2S/c7-5-2-1-4(3-6(5)8)12(9,10)11/h1-3H,(H2,9,10,11). The van der Waals surface area contributed by atoms with Crippen LogP contribution in [0.3, 0.4) is 0 Å². The molecule has 0 aromatic heterocycles. The van der Waals surface area contributed by atoms with Gasteiger partial charge in [0.1, 0.15) is 0 Å². The Balaban J connectivity index is 3.33. The lowest BCUT2D eigenvalue weighted by atomic mass is 10.4. The van der Waals surface area contributed by atoms with E-state index in [4.69, 9.17) is 5.14 Å². The molecule has 0 radical (unpaired) electrons. The molecule has 0 amide bonds. The molecule has 0 heterocycles. The van der Waals surface area contributed by atoms with Gasteiger partial charge in [-0.15, -0.1) is 0 Å². The number of hydrogen-bond donors (Lipinski definition) is 1. The first kappa shape index (κ1) is 10.2. The predicted molar refractivity (Wildman–Crippen MR) is 53.2 cm³/mol. The second-order valence-electron chi connectivity index (χ2n) is 2.12. The van der Waals surface area contributed by atoms with Crippen molar-refractivity contribution in [1.82, 2.24) is 0 Å². The van der Waals surface area contributed by atoms with E-state index < -0.39 is 10.0 Å². The summed E-state index contributed by atoms with van der Waals surface area (Å²) in [5, 5.41) is 4.91.